The van der Waals surface area contributed by atoms with E-state index in [1.54, 1.807) is 17.9 Å². The Morgan fingerprint density at radius 2 is 1.94 bits per heavy atom. The molecule has 1 aromatic heterocycles. The number of ether oxygens (including phenoxy) is 1. The van der Waals surface area contributed by atoms with E-state index in [9.17, 15) is 9.59 Å². The van der Waals surface area contributed by atoms with Crippen molar-refractivity contribution in [3.63, 3.8) is 0 Å². The minimum Gasteiger partial charge on any atom is -0.497 e. The van der Waals surface area contributed by atoms with Gasteiger partial charge in [-0.25, -0.2) is 9.48 Å². The van der Waals surface area contributed by atoms with E-state index in [-0.39, 0.29) is 18.0 Å². The Morgan fingerprint density at radius 1 is 1.19 bits per heavy atom. The number of nitrogens with zero attached hydrogens (tertiary/aromatic N) is 2. The SMILES string of the molecule is COc1ccc(CNC(=O)Nc2cc(-c3ccccc3)nn2C2NC(=O)CC(C)N2)cc1. The number of carbonyl (C=O) groups excluding carboxylic acids is 2. The first-order valence-electron chi connectivity index (χ1n) is 10.4. The summed E-state index contributed by atoms with van der Waals surface area (Å²) in [5.74, 6) is 1.14. The second-order valence-corrected chi connectivity index (χ2v) is 7.62. The van der Waals surface area contributed by atoms with E-state index in [4.69, 9.17) is 4.74 Å². The van der Waals surface area contributed by atoms with E-state index < -0.39 is 6.29 Å². The molecule has 0 spiro atoms. The van der Waals surface area contributed by atoms with Crippen LogP contribution in [0.15, 0.2) is 60.7 Å². The highest BCUT2D eigenvalue weighted by Crippen LogP contribution is 2.24. The summed E-state index contributed by atoms with van der Waals surface area (Å²) in [6.07, 6.45) is -0.186. The molecule has 1 saturated heterocycles. The second-order valence-electron chi connectivity index (χ2n) is 7.62. The van der Waals surface area contributed by atoms with Crippen LogP contribution in [-0.2, 0) is 11.3 Å². The quantitative estimate of drug-likeness (QED) is 0.477. The van der Waals surface area contributed by atoms with Crippen LogP contribution in [0.4, 0.5) is 10.6 Å². The van der Waals surface area contributed by atoms with Crippen molar-refractivity contribution < 1.29 is 14.3 Å². The molecule has 4 N–H and O–H groups in total. The second kappa shape index (κ2) is 9.52. The molecule has 32 heavy (non-hydrogen) atoms. The lowest BCUT2D eigenvalue weighted by Crippen LogP contribution is -2.52. The van der Waals surface area contributed by atoms with Gasteiger partial charge in [0.25, 0.3) is 0 Å². The summed E-state index contributed by atoms with van der Waals surface area (Å²) in [4.78, 5) is 24.7. The molecule has 2 aromatic carbocycles. The van der Waals surface area contributed by atoms with Gasteiger partial charge in [-0.2, -0.15) is 5.10 Å². The summed E-state index contributed by atoms with van der Waals surface area (Å²) < 4.78 is 6.74. The average Bonchev–Trinajstić information content (AvgIpc) is 3.22. The third-order valence-corrected chi connectivity index (χ3v) is 5.14. The van der Waals surface area contributed by atoms with Gasteiger partial charge in [0, 0.05) is 30.6 Å². The maximum atomic E-state index is 12.6. The zero-order valence-corrected chi connectivity index (χ0v) is 18.0. The molecule has 4 rings (SSSR count). The smallest absolute Gasteiger partial charge is 0.320 e. The molecule has 0 radical (unpaired) electrons. The van der Waals surface area contributed by atoms with Crippen LogP contribution in [0.3, 0.4) is 0 Å². The Bertz CT molecular complexity index is 1080. The van der Waals surface area contributed by atoms with Crippen LogP contribution in [0.1, 0.15) is 25.2 Å². The van der Waals surface area contributed by atoms with Crippen LogP contribution in [0.5, 0.6) is 5.75 Å². The van der Waals surface area contributed by atoms with Gasteiger partial charge in [-0.05, 0) is 24.6 Å². The minimum atomic E-state index is -0.569. The van der Waals surface area contributed by atoms with Gasteiger partial charge in [0.05, 0.1) is 12.8 Å². The van der Waals surface area contributed by atoms with Crippen LogP contribution >= 0.6 is 0 Å². The lowest BCUT2D eigenvalue weighted by Gasteiger charge is -2.30. The number of benzene rings is 2. The first-order valence-corrected chi connectivity index (χ1v) is 10.4. The highest BCUT2D eigenvalue weighted by Gasteiger charge is 2.27. The molecule has 2 atom stereocenters. The van der Waals surface area contributed by atoms with E-state index in [0.717, 1.165) is 16.9 Å². The summed E-state index contributed by atoms with van der Waals surface area (Å²) >= 11 is 0. The van der Waals surface area contributed by atoms with Gasteiger partial charge in [0.2, 0.25) is 5.91 Å². The fraction of sp³-hybridized carbons (Fsp3) is 0.261. The van der Waals surface area contributed by atoms with Crippen LogP contribution in [0.2, 0.25) is 0 Å². The number of carbonyl (C=O) groups is 2. The molecule has 1 aliphatic rings. The van der Waals surface area contributed by atoms with Crippen molar-refractivity contribution in [2.45, 2.75) is 32.2 Å². The van der Waals surface area contributed by atoms with E-state index in [1.807, 2.05) is 61.5 Å². The molecule has 166 valence electrons. The maximum Gasteiger partial charge on any atom is 0.320 e. The van der Waals surface area contributed by atoms with Crippen LogP contribution in [-0.4, -0.2) is 34.9 Å². The van der Waals surface area contributed by atoms with Crippen LogP contribution in [0, 0.1) is 0 Å². The first-order chi connectivity index (χ1) is 15.5. The van der Waals surface area contributed by atoms with E-state index in [0.29, 0.717) is 24.5 Å². The Labute approximate surface area is 186 Å². The zero-order chi connectivity index (χ0) is 22.5. The van der Waals surface area contributed by atoms with Crippen molar-refractivity contribution >= 4 is 17.8 Å². The molecule has 0 aliphatic carbocycles. The molecule has 1 fully saturated rings. The number of methoxy groups -OCH3 is 1. The van der Waals surface area contributed by atoms with Crippen molar-refractivity contribution in [2.24, 2.45) is 0 Å². The largest absolute Gasteiger partial charge is 0.497 e. The molecule has 3 amide bonds. The zero-order valence-electron chi connectivity index (χ0n) is 18.0. The lowest BCUT2D eigenvalue weighted by atomic mass is 10.2. The van der Waals surface area contributed by atoms with Crippen molar-refractivity contribution in [1.82, 2.24) is 25.7 Å². The number of aromatic nitrogens is 2. The number of hydrogen-bond acceptors (Lipinski definition) is 5. The Hall–Kier alpha value is -3.85. The highest BCUT2D eigenvalue weighted by atomic mass is 16.5. The van der Waals surface area contributed by atoms with Crippen molar-refractivity contribution in [2.75, 3.05) is 12.4 Å². The molecule has 9 nitrogen and oxygen atoms in total. The van der Waals surface area contributed by atoms with Crippen LogP contribution < -0.4 is 26.0 Å². The van der Waals surface area contributed by atoms with Crippen molar-refractivity contribution in [3.8, 4) is 17.0 Å². The van der Waals surface area contributed by atoms with Crippen molar-refractivity contribution in [3.05, 3.63) is 66.2 Å². The number of amides is 3. The van der Waals surface area contributed by atoms with Gasteiger partial charge in [0.1, 0.15) is 11.6 Å². The highest BCUT2D eigenvalue weighted by molar-refractivity contribution is 5.89. The predicted molar refractivity (Wildman–Crippen MR) is 121 cm³/mol. The number of urea groups is 1. The summed E-state index contributed by atoms with van der Waals surface area (Å²) in [6.45, 7) is 2.28. The van der Waals surface area contributed by atoms with Gasteiger partial charge < -0.3 is 15.4 Å². The van der Waals surface area contributed by atoms with Crippen LogP contribution in [0.25, 0.3) is 11.3 Å². The fourth-order valence-corrected chi connectivity index (χ4v) is 3.51. The number of anilines is 1. The standard InChI is InChI=1S/C23H26N6O3/c1-15-12-21(30)27-22(25-15)29-20(13-19(28-29)17-6-4-3-5-7-17)26-23(31)24-14-16-8-10-18(32-2)11-9-16/h3-11,13,15,22,25H,12,14H2,1-2H3,(H,27,30)(H2,24,26,31). The lowest BCUT2D eigenvalue weighted by molar-refractivity contribution is -0.125. The van der Waals surface area contributed by atoms with Gasteiger partial charge in [-0.15, -0.1) is 0 Å². The summed E-state index contributed by atoms with van der Waals surface area (Å²) in [7, 11) is 1.61. The fourth-order valence-electron chi connectivity index (χ4n) is 3.51. The monoisotopic (exact) mass is 434 g/mol. The van der Waals surface area contributed by atoms with E-state index in [1.165, 1.54) is 0 Å². The topological polar surface area (TPSA) is 109 Å². The molecule has 1 aliphatic heterocycles. The Balaban J connectivity index is 1.52. The molecule has 0 bridgehead atoms. The first kappa shape index (κ1) is 21.4. The molecular formula is C23H26N6O3. The van der Waals surface area contributed by atoms with E-state index in [2.05, 4.69) is 26.4 Å². The number of rotatable bonds is 6. The molecule has 2 unspecified atom stereocenters. The van der Waals surface area contributed by atoms with Gasteiger partial charge in [-0.3, -0.25) is 15.4 Å². The third kappa shape index (κ3) is 5.06. The normalized spacial score (nSPS) is 18.0. The number of hydrogen-bond donors (Lipinski definition) is 4. The average molecular weight is 435 g/mol. The van der Waals surface area contributed by atoms with Gasteiger partial charge >= 0.3 is 6.03 Å². The Kier molecular flexibility index (Phi) is 6.37. The van der Waals surface area contributed by atoms with E-state index >= 15 is 0 Å². The number of nitrogens with one attached hydrogen (secondary N) is 4. The van der Waals surface area contributed by atoms with Gasteiger partial charge in [-0.1, -0.05) is 42.5 Å². The Morgan fingerprint density at radius 3 is 2.62 bits per heavy atom. The molecule has 9 heteroatoms. The molecule has 3 aromatic rings. The third-order valence-electron chi connectivity index (χ3n) is 5.14. The van der Waals surface area contributed by atoms with Gasteiger partial charge in [0.15, 0.2) is 6.29 Å². The summed E-state index contributed by atoms with van der Waals surface area (Å²) in [6, 6.07) is 18.5. The molecular weight excluding hydrogens is 408 g/mol. The summed E-state index contributed by atoms with van der Waals surface area (Å²) in [5.41, 5.74) is 2.53. The molecule has 0 saturated carbocycles. The maximum absolute atomic E-state index is 12.6. The summed E-state index contributed by atoms with van der Waals surface area (Å²) in [5, 5.41) is 16.5. The minimum absolute atomic E-state index is 0.0186. The molecule has 2 heterocycles. The predicted octanol–water partition coefficient (Wildman–Crippen LogP) is 2.83. The van der Waals surface area contributed by atoms with Crippen molar-refractivity contribution in [1.29, 1.82) is 0 Å².